The molecule has 1 aromatic heterocycles. The van der Waals surface area contributed by atoms with Gasteiger partial charge >= 0.3 is 0 Å². The fourth-order valence-corrected chi connectivity index (χ4v) is 4.34. The highest BCUT2D eigenvalue weighted by atomic mass is 32.2. The lowest BCUT2D eigenvalue weighted by molar-refractivity contribution is 0.263. The number of rotatable bonds is 5. The summed E-state index contributed by atoms with van der Waals surface area (Å²) in [5, 5.41) is 3.04. The Balaban J connectivity index is 2.25. The molecule has 0 radical (unpaired) electrons. The molecule has 0 amide bonds. The molecule has 1 aliphatic heterocycles. The minimum Gasteiger partial charge on any atom is -0.370 e. The lowest BCUT2D eigenvalue weighted by atomic mass is 10.1. The summed E-state index contributed by atoms with van der Waals surface area (Å²) in [7, 11) is 0.534. The van der Waals surface area contributed by atoms with Crippen LogP contribution in [0.3, 0.4) is 0 Å². The van der Waals surface area contributed by atoms with Crippen LogP contribution < -0.4 is 5.32 Å². The Hall–Kier alpha value is -1.18. The highest BCUT2D eigenvalue weighted by Crippen LogP contribution is 2.27. The number of hydrogen-bond acceptors (Lipinski definition) is 5. The van der Waals surface area contributed by atoms with Crippen molar-refractivity contribution >= 4 is 15.8 Å². The molecule has 118 valence electrons. The highest BCUT2D eigenvalue weighted by molar-refractivity contribution is 7.89. The molecular weight excluding hydrogens is 288 g/mol. The maximum atomic E-state index is 12.8. The molecule has 1 aromatic rings. The average Bonchev–Trinajstić information content (AvgIpc) is 2.82. The molecule has 0 bridgehead atoms. The van der Waals surface area contributed by atoms with Gasteiger partial charge in [-0.2, -0.15) is 4.31 Å². The molecule has 2 heterocycles. The van der Waals surface area contributed by atoms with Crippen molar-refractivity contribution in [2.24, 2.45) is 5.92 Å². The molecule has 2 unspecified atom stereocenters. The van der Waals surface area contributed by atoms with E-state index in [1.807, 2.05) is 21.0 Å². The zero-order valence-corrected chi connectivity index (χ0v) is 13.9. The van der Waals surface area contributed by atoms with Crippen LogP contribution in [0, 0.1) is 5.92 Å². The molecule has 21 heavy (non-hydrogen) atoms. The molecule has 0 saturated carbocycles. The first kappa shape index (κ1) is 16.2. The Morgan fingerprint density at radius 1 is 1.43 bits per heavy atom. The van der Waals surface area contributed by atoms with Crippen molar-refractivity contribution in [2.45, 2.75) is 24.8 Å². The van der Waals surface area contributed by atoms with Crippen LogP contribution in [-0.2, 0) is 10.0 Å². The molecular formula is C14H24N4O2S. The topological polar surface area (TPSA) is 65.5 Å². The molecule has 0 aromatic carbocycles. The van der Waals surface area contributed by atoms with Gasteiger partial charge in [-0.25, -0.2) is 13.4 Å². The van der Waals surface area contributed by atoms with E-state index in [2.05, 4.69) is 22.1 Å². The summed E-state index contributed by atoms with van der Waals surface area (Å²) in [4.78, 5) is 6.52. The first-order valence-electron chi connectivity index (χ1n) is 7.22. The second-order valence-electron chi connectivity index (χ2n) is 5.74. The number of likely N-dealkylation sites (N-methyl/N-ethyl adjacent to an activating group) is 1. The van der Waals surface area contributed by atoms with Crippen LogP contribution >= 0.6 is 0 Å². The monoisotopic (exact) mass is 312 g/mol. The first-order valence-corrected chi connectivity index (χ1v) is 8.66. The molecule has 0 spiro atoms. The molecule has 7 heteroatoms. The van der Waals surface area contributed by atoms with E-state index in [0.717, 1.165) is 0 Å². The summed E-state index contributed by atoms with van der Waals surface area (Å²) < 4.78 is 27.1. The van der Waals surface area contributed by atoms with Crippen LogP contribution in [0.5, 0.6) is 0 Å². The van der Waals surface area contributed by atoms with Crippen LogP contribution in [0.15, 0.2) is 23.2 Å². The van der Waals surface area contributed by atoms with Crippen molar-refractivity contribution < 1.29 is 8.42 Å². The highest BCUT2D eigenvalue weighted by Gasteiger charge is 2.38. The quantitative estimate of drug-likeness (QED) is 0.881. The van der Waals surface area contributed by atoms with E-state index in [0.29, 0.717) is 36.3 Å². The largest absolute Gasteiger partial charge is 0.370 e. The minimum atomic E-state index is -3.45. The minimum absolute atomic E-state index is 0.259. The van der Waals surface area contributed by atoms with E-state index in [1.165, 1.54) is 6.20 Å². The Labute approximate surface area is 127 Å². The molecule has 2 atom stereocenters. The summed E-state index contributed by atoms with van der Waals surface area (Å²) in [6, 6.07) is 3.42. The molecule has 6 nitrogen and oxygen atoms in total. The summed E-state index contributed by atoms with van der Waals surface area (Å²) >= 11 is 0. The molecule has 1 N–H and O–H groups in total. The number of pyridine rings is 1. The predicted octanol–water partition coefficient (Wildman–Crippen LogP) is 1.08. The maximum Gasteiger partial charge on any atom is 0.243 e. The zero-order chi connectivity index (χ0) is 15.6. The zero-order valence-electron chi connectivity index (χ0n) is 13.1. The molecule has 1 fully saturated rings. The van der Waals surface area contributed by atoms with Crippen molar-refractivity contribution in [1.82, 2.24) is 14.2 Å². The van der Waals surface area contributed by atoms with E-state index in [1.54, 1.807) is 16.4 Å². The van der Waals surface area contributed by atoms with Crippen LogP contribution in [-0.4, -0.2) is 62.4 Å². The third-order valence-corrected chi connectivity index (χ3v) is 5.76. The van der Waals surface area contributed by atoms with Crippen molar-refractivity contribution in [3.63, 3.8) is 0 Å². The van der Waals surface area contributed by atoms with Crippen molar-refractivity contribution in [3.8, 4) is 0 Å². The average molecular weight is 312 g/mol. The maximum absolute atomic E-state index is 12.8. The van der Waals surface area contributed by atoms with E-state index >= 15 is 0 Å². The summed E-state index contributed by atoms with van der Waals surface area (Å²) in [6.07, 6.45) is 1.54. The second-order valence-corrected chi connectivity index (χ2v) is 7.68. The van der Waals surface area contributed by atoms with Gasteiger partial charge in [-0.05, 0) is 33.0 Å². The Morgan fingerprint density at radius 3 is 2.71 bits per heavy atom. The fourth-order valence-electron chi connectivity index (χ4n) is 2.77. The van der Waals surface area contributed by atoms with Gasteiger partial charge in [0.15, 0.2) is 0 Å². The van der Waals surface area contributed by atoms with E-state index in [9.17, 15) is 8.42 Å². The number of hydrogen-bond donors (Lipinski definition) is 1. The summed E-state index contributed by atoms with van der Waals surface area (Å²) in [5.41, 5.74) is 0. The van der Waals surface area contributed by atoms with E-state index < -0.39 is 10.0 Å². The third kappa shape index (κ3) is 3.36. The van der Waals surface area contributed by atoms with Crippen LogP contribution in [0.4, 0.5) is 5.82 Å². The van der Waals surface area contributed by atoms with Gasteiger partial charge in [-0.15, -0.1) is 0 Å². The SMILES string of the molecule is CCNc1cc(S(=O)(=O)N2CC(C)C(N(C)C)C2)ccn1. The van der Waals surface area contributed by atoms with Gasteiger partial charge in [0.2, 0.25) is 10.0 Å². The van der Waals surface area contributed by atoms with Gasteiger partial charge in [0, 0.05) is 37.9 Å². The van der Waals surface area contributed by atoms with Gasteiger partial charge < -0.3 is 10.2 Å². The third-order valence-electron chi connectivity index (χ3n) is 3.93. The molecule has 2 rings (SSSR count). The molecule has 1 saturated heterocycles. The normalized spacial score (nSPS) is 23.7. The Kier molecular flexibility index (Phi) is 4.85. The van der Waals surface area contributed by atoms with Gasteiger partial charge in [0.25, 0.3) is 0 Å². The standard InChI is InChI=1S/C14H24N4O2S/c1-5-15-14-8-12(6-7-16-14)21(19,20)18-9-11(2)13(10-18)17(3)4/h6-8,11,13H,5,9-10H2,1-4H3,(H,15,16). The van der Waals surface area contributed by atoms with E-state index in [-0.39, 0.29) is 6.04 Å². The van der Waals surface area contributed by atoms with Gasteiger partial charge in [0.1, 0.15) is 5.82 Å². The van der Waals surface area contributed by atoms with Crippen LogP contribution in [0.25, 0.3) is 0 Å². The number of sulfonamides is 1. The van der Waals surface area contributed by atoms with Gasteiger partial charge in [0.05, 0.1) is 4.90 Å². The predicted molar refractivity (Wildman–Crippen MR) is 83.8 cm³/mol. The lowest BCUT2D eigenvalue weighted by Crippen LogP contribution is -2.35. The fraction of sp³-hybridized carbons (Fsp3) is 0.643. The number of nitrogens with one attached hydrogen (secondary N) is 1. The smallest absolute Gasteiger partial charge is 0.243 e. The number of aromatic nitrogens is 1. The van der Waals surface area contributed by atoms with E-state index in [4.69, 9.17) is 0 Å². The van der Waals surface area contributed by atoms with Crippen LogP contribution in [0.1, 0.15) is 13.8 Å². The van der Waals surface area contributed by atoms with Gasteiger partial charge in [-0.3, -0.25) is 0 Å². The lowest BCUT2D eigenvalue weighted by Gasteiger charge is -2.22. The van der Waals surface area contributed by atoms with Gasteiger partial charge in [-0.1, -0.05) is 6.92 Å². The Morgan fingerprint density at radius 2 is 2.14 bits per heavy atom. The molecule has 1 aliphatic rings. The summed E-state index contributed by atoms with van der Waals surface area (Å²) in [5.74, 6) is 0.917. The summed E-state index contributed by atoms with van der Waals surface area (Å²) in [6.45, 7) is 5.85. The van der Waals surface area contributed by atoms with Crippen molar-refractivity contribution in [3.05, 3.63) is 18.3 Å². The second kappa shape index (κ2) is 6.29. The number of anilines is 1. The molecule has 0 aliphatic carbocycles. The van der Waals surface area contributed by atoms with Crippen molar-refractivity contribution in [2.75, 3.05) is 39.0 Å². The van der Waals surface area contributed by atoms with Crippen molar-refractivity contribution in [1.29, 1.82) is 0 Å². The van der Waals surface area contributed by atoms with Crippen LogP contribution in [0.2, 0.25) is 0 Å². The first-order chi connectivity index (χ1) is 9.86. The Bertz CT molecular complexity index is 588. The number of nitrogens with zero attached hydrogens (tertiary/aromatic N) is 3.